The van der Waals surface area contributed by atoms with Crippen molar-refractivity contribution < 1.29 is 0 Å². The summed E-state index contributed by atoms with van der Waals surface area (Å²) in [6, 6.07) is 87.4. The largest absolute Gasteiger partial charge is 0.305 e. The third-order valence-electron chi connectivity index (χ3n) is 15.2. The molecule has 0 atom stereocenters. The number of hydrogen-bond acceptors (Lipinski definition) is 3. The van der Waals surface area contributed by atoms with Crippen molar-refractivity contribution >= 4 is 98.3 Å². The van der Waals surface area contributed by atoms with Gasteiger partial charge in [-0.1, -0.05) is 182 Å². The van der Waals surface area contributed by atoms with Crippen LogP contribution in [0.15, 0.2) is 249 Å². The molecule has 16 rings (SSSR count). The Morgan fingerprint density at radius 3 is 0.878 bits per heavy atom. The molecular formula is C67H41N7. The van der Waals surface area contributed by atoms with Crippen molar-refractivity contribution in [3.8, 4) is 45.4 Å². The van der Waals surface area contributed by atoms with Gasteiger partial charge in [0.2, 0.25) is 0 Å². The molecule has 0 unspecified atom stereocenters. The van der Waals surface area contributed by atoms with Crippen LogP contribution in [0.1, 0.15) is 0 Å². The molecule has 0 aliphatic rings. The summed E-state index contributed by atoms with van der Waals surface area (Å²) in [5, 5.41) is 9.29. The molecule has 0 saturated heterocycles. The van der Waals surface area contributed by atoms with E-state index in [0.717, 1.165) is 144 Å². The second-order valence-electron chi connectivity index (χ2n) is 19.1. The lowest BCUT2D eigenvalue weighted by Crippen LogP contribution is -2.16. The summed E-state index contributed by atoms with van der Waals surface area (Å²) in [7, 11) is 0. The zero-order valence-electron chi connectivity index (χ0n) is 39.8. The summed E-state index contributed by atoms with van der Waals surface area (Å²) < 4.78 is 9.81. The first-order valence-electron chi connectivity index (χ1n) is 25.1. The molecule has 0 N–H and O–H groups in total. The Kier molecular flexibility index (Phi) is 8.61. The van der Waals surface area contributed by atoms with Crippen molar-refractivity contribution in [1.29, 1.82) is 0 Å². The molecule has 0 fully saturated rings. The van der Waals surface area contributed by atoms with Gasteiger partial charge in [0.05, 0.1) is 67.1 Å². The van der Waals surface area contributed by atoms with E-state index in [4.69, 9.17) is 15.0 Å². The number of aromatic nitrogens is 7. The third-order valence-corrected chi connectivity index (χ3v) is 15.2. The van der Waals surface area contributed by atoms with Crippen molar-refractivity contribution in [2.45, 2.75) is 0 Å². The Morgan fingerprint density at radius 2 is 0.527 bits per heavy atom. The van der Waals surface area contributed by atoms with Gasteiger partial charge in [0.1, 0.15) is 11.4 Å². The highest BCUT2D eigenvalue weighted by molar-refractivity contribution is 6.15. The van der Waals surface area contributed by atoms with Crippen LogP contribution in [0, 0.1) is 0 Å². The van der Waals surface area contributed by atoms with Gasteiger partial charge in [0.15, 0.2) is 11.6 Å². The van der Waals surface area contributed by atoms with Crippen molar-refractivity contribution in [3.63, 3.8) is 0 Å². The maximum absolute atomic E-state index is 6.34. The molecule has 0 radical (unpaired) electrons. The van der Waals surface area contributed by atoms with Crippen LogP contribution < -0.4 is 0 Å². The van der Waals surface area contributed by atoms with Gasteiger partial charge >= 0.3 is 0 Å². The fourth-order valence-electron chi connectivity index (χ4n) is 12.1. The predicted octanol–water partition coefficient (Wildman–Crippen LogP) is 16.7. The minimum atomic E-state index is 0.801. The number of fused-ring (bicyclic) bond motifs is 13. The molecular weight excluding hydrogens is 903 g/mol. The molecule has 7 heteroatoms. The van der Waals surface area contributed by atoms with E-state index < -0.39 is 0 Å². The summed E-state index contributed by atoms with van der Waals surface area (Å²) in [5.41, 5.74) is 16.0. The minimum Gasteiger partial charge on any atom is -0.305 e. The Labute approximate surface area is 423 Å². The minimum absolute atomic E-state index is 0.801. The van der Waals surface area contributed by atoms with Crippen LogP contribution in [0.4, 0.5) is 0 Å². The normalized spacial score (nSPS) is 12.1. The van der Waals surface area contributed by atoms with Crippen molar-refractivity contribution in [2.24, 2.45) is 0 Å². The Hall–Kier alpha value is -10.1. The van der Waals surface area contributed by atoms with Gasteiger partial charge in [-0.2, -0.15) is 0 Å². The summed E-state index contributed by atoms with van der Waals surface area (Å²) >= 11 is 0. The molecule has 10 aromatic carbocycles. The van der Waals surface area contributed by atoms with Crippen LogP contribution in [-0.4, -0.2) is 33.2 Å². The highest BCUT2D eigenvalue weighted by Gasteiger charge is 2.32. The molecule has 0 bridgehead atoms. The van der Waals surface area contributed by atoms with Crippen LogP contribution in [0.2, 0.25) is 0 Å². The zero-order chi connectivity index (χ0) is 48.4. The van der Waals surface area contributed by atoms with Crippen LogP contribution in [-0.2, 0) is 0 Å². The van der Waals surface area contributed by atoms with E-state index in [-0.39, 0.29) is 0 Å². The quantitative estimate of drug-likeness (QED) is 0.167. The lowest BCUT2D eigenvalue weighted by Gasteiger charge is -2.27. The molecule has 0 aliphatic carbocycles. The fourth-order valence-corrected chi connectivity index (χ4v) is 12.1. The summed E-state index contributed by atoms with van der Waals surface area (Å²) in [5.74, 6) is 1.60. The van der Waals surface area contributed by atoms with Gasteiger partial charge in [-0.05, 0) is 66.2 Å². The maximum Gasteiger partial charge on any atom is 0.165 e. The topological polar surface area (TPSA) is 58.4 Å². The molecule has 6 aromatic heterocycles. The second kappa shape index (κ2) is 15.7. The average Bonchev–Trinajstić information content (AvgIpc) is 4.20. The number of para-hydroxylation sites is 10. The van der Waals surface area contributed by atoms with Crippen molar-refractivity contribution in [2.75, 3.05) is 0 Å². The van der Waals surface area contributed by atoms with Crippen LogP contribution in [0.3, 0.4) is 0 Å². The molecule has 0 aliphatic heterocycles. The SMILES string of the molecule is c1ccc2nc(-c3ccc(-c4c(-n5c6ccccc6c6ccccc65)c(-n5c6ccccc6c6ccccc65)nc(-n5c6ccccc6c6ccccc65)c4-n4c5ccccc5c5ccccc54)cc3)cnc2c1. The van der Waals surface area contributed by atoms with E-state index >= 15 is 0 Å². The predicted molar refractivity (Wildman–Crippen MR) is 306 cm³/mol. The molecule has 0 saturated carbocycles. The van der Waals surface area contributed by atoms with E-state index in [1.165, 1.54) is 0 Å². The smallest absolute Gasteiger partial charge is 0.165 e. The summed E-state index contributed by atoms with van der Waals surface area (Å²) in [4.78, 5) is 16.3. The molecule has 74 heavy (non-hydrogen) atoms. The lowest BCUT2D eigenvalue weighted by molar-refractivity contribution is 0.961. The Bertz CT molecular complexity index is 4510. The number of pyridine rings is 1. The van der Waals surface area contributed by atoms with Crippen molar-refractivity contribution in [1.82, 2.24) is 33.2 Å². The zero-order valence-corrected chi connectivity index (χ0v) is 39.8. The first-order chi connectivity index (χ1) is 36.8. The molecule has 0 amide bonds. The van der Waals surface area contributed by atoms with E-state index in [1.54, 1.807) is 0 Å². The van der Waals surface area contributed by atoms with E-state index in [2.05, 4.69) is 237 Å². The van der Waals surface area contributed by atoms with Gasteiger partial charge in [0, 0.05) is 54.2 Å². The fraction of sp³-hybridized carbons (Fsp3) is 0. The molecule has 344 valence electrons. The summed E-state index contributed by atoms with van der Waals surface area (Å²) in [6.45, 7) is 0. The molecule has 7 nitrogen and oxygen atoms in total. The van der Waals surface area contributed by atoms with Gasteiger partial charge in [-0.25, -0.2) is 9.97 Å². The molecule has 16 aromatic rings. The van der Waals surface area contributed by atoms with E-state index in [1.807, 2.05) is 30.5 Å². The third kappa shape index (κ3) is 5.74. The van der Waals surface area contributed by atoms with Crippen LogP contribution in [0.25, 0.3) is 144 Å². The standard InChI is InChI=1S/C67H41N7/c1-11-29-55-44(19-1)45-20-2-12-30-56(45)71(55)64-63(43-39-37-42(38-40-43)54-41-68-52-27-9-10-28-53(52)69-54)65(72-57-31-13-3-21-46(57)47-22-4-14-32-58(47)72)67(74-61-35-17-7-25-50(61)51-26-8-18-36-62(51)74)70-66(64)73-59-33-15-5-23-48(59)49-24-6-16-34-60(49)73/h1-41H. The number of nitrogens with zero attached hydrogens (tertiary/aromatic N) is 7. The monoisotopic (exact) mass is 943 g/mol. The summed E-state index contributed by atoms with van der Waals surface area (Å²) in [6.07, 6.45) is 1.89. The van der Waals surface area contributed by atoms with Gasteiger partial charge in [-0.3, -0.25) is 14.1 Å². The second-order valence-corrected chi connectivity index (χ2v) is 19.1. The van der Waals surface area contributed by atoms with Crippen molar-refractivity contribution in [3.05, 3.63) is 249 Å². The first kappa shape index (κ1) is 40.6. The van der Waals surface area contributed by atoms with Crippen LogP contribution in [0.5, 0.6) is 0 Å². The van der Waals surface area contributed by atoms with E-state index in [9.17, 15) is 0 Å². The van der Waals surface area contributed by atoms with Crippen LogP contribution >= 0.6 is 0 Å². The van der Waals surface area contributed by atoms with E-state index in [0.29, 0.717) is 0 Å². The highest BCUT2D eigenvalue weighted by atomic mass is 15.2. The van der Waals surface area contributed by atoms with Gasteiger partial charge < -0.3 is 9.13 Å². The highest BCUT2D eigenvalue weighted by Crippen LogP contribution is 2.49. The Morgan fingerprint density at radius 1 is 0.243 bits per heavy atom. The number of hydrogen-bond donors (Lipinski definition) is 0. The number of rotatable bonds is 6. The lowest BCUT2D eigenvalue weighted by atomic mass is 9.98. The average molecular weight is 944 g/mol. The Balaban J connectivity index is 1.18. The molecule has 0 spiro atoms. The maximum atomic E-state index is 6.34. The van der Waals surface area contributed by atoms with Gasteiger partial charge in [0.25, 0.3) is 0 Å². The first-order valence-corrected chi connectivity index (χ1v) is 25.1. The number of benzene rings is 10. The van der Waals surface area contributed by atoms with Gasteiger partial charge in [-0.15, -0.1) is 0 Å². The molecule has 6 heterocycles.